The van der Waals surface area contributed by atoms with Gasteiger partial charge in [-0.15, -0.1) is 0 Å². The van der Waals surface area contributed by atoms with Crippen molar-refractivity contribution in [3.63, 3.8) is 0 Å². The minimum atomic E-state index is -0.422. The molecule has 3 heterocycles. The smallest absolute Gasteiger partial charge is 0.226 e. The summed E-state index contributed by atoms with van der Waals surface area (Å²) in [5.74, 6) is 0.442. The molecule has 2 N–H and O–H groups in total. The molecule has 0 bridgehead atoms. The van der Waals surface area contributed by atoms with Gasteiger partial charge >= 0.3 is 0 Å². The SMILES string of the molecule is O=C(Cc1cccc(O)c1)N1CCC(C(O)CC2c3ccccc3-c3cncn32)CC1. The van der Waals surface area contributed by atoms with Crippen LogP contribution in [-0.4, -0.2) is 49.8 Å². The molecule has 1 aromatic heterocycles. The Morgan fingerprint density at radius 2 is 1.94 bits per heavy atom. The number of imidazole rings is 1. The first kappa shape index (κ1) is 19.8. The highest BCUT2D eigenvalue weighted by Gasteiger charge is 2.33. The molecular formula is C25H27N3O3. The number of phenolic OH excluding ortho intramolecular Hbond substituents is 1. The summed E-state index contributed by atoms with van der Waals surface area (Å²) in [6.07, 6.45) is 5.88. The maximum absolute atomic E-state index is 12.7. The number of aliphatic hydroxyl groups excluding tert-OH is 1. The van der Waals surface area contributed by atoms with Crippen LogP contribution in [0.5, 0.6) is 5.75 Å². The molecule has 6 heteroatoms. The quantitative estimate of drug-likeness (QED) is 0.667. The van der Waals surface area contributed by atoms with Crippen LogP contribution in [0.1, 0.15) is 36.4 Å². The van der Waals surface area contributed by atoms with E-state index in [0.29, 0.717) is 25.9 Å². The van der Waals surface area contributed by atoms with Gasteiger partial charge in [-0.3, -0.25) is 4.79 Å². The lowest BCUT2D eigenvalue weighted by Gasteiger charge is -2.35. The molecule has 0 radical (unpaired) electrons. The second kappa shape index (κ2) is 8.19. The molecule has 2 unspecified atom stereocenters. The van der Waals surface area contributed by atoms with E-state index >= 15 is 0 Å². The second-order valence-corrected chi connectivity index (χ2v) is 8.66. The molecule has 2 aliphatic rings. The van der Waals surface area contributed by atoms with Gasteiger partial charge in [0.1, 0.15) is 5.75 Å². The number of carbonyl (C=O) groups excluding carboxylic acids is 1. The Balaban J connectivity index is 1.19. The number of amides is 1. The van der Waals surface area contributed by atoms with Crippen molar-refractivity contribution >= 4 is 5.91 Å². The van der Waals surface area contributed by atoms with Crippen molar-refractivity contribution in [2.24, 2.45) is 5.92 Å². The second-order valence-electron chi connectivity index (χ2n) is 8.66. The monoisotopic (exact) mass is 417 g/mol. The molecule has 31 heavy (non-hydrogen) atoms. The zero-order chi connectivity index (χ0) is 21.4. The van der Waals surface area contributed by atoms with Crippen molar-refractivity contribution in [1.29, 1.82) is 0 Å². The van der Waals surface area contributed by atoms with Crippen LogP contribution in [0, 0.1) is 5.92 Å². The summed E-state index contributed by atoms with van der Waals surface area (Å²) >= 11 is 0. The van der Waals surface area contributed by atoms with Gasteiger partial charge in [0.05, 0.1) is 36.8 Å². The molecular weight excluding hydrogens is 390 g/mol. The first-order valence-corrected chi connectivity index (χ1v) is 10.9. The van der Waals surface area contributed by atoms with Crippen LogP contribution in [0.15, 0.2) is 61.1 Å². The summed E-state index contributed by atoms with van der Waals surface area (Å²) in [4.78, 5) is 18.8. The Labute approximate surface area is 181 Å². The third-order valence-corrected chi connectivity index (χ3v) is 6.76. The highest BCUT2D eigenvalue weighted by atomic mass is 16.3. The molecule has 6 nitrogen and oxygen atoms in total. The number of phenols is 1. The van der Waals surface area contributed by atoms with Crippen LogP contribution in [0.4, 0.5) is 0 Å². The molecule has 5 rings (SSSR count). The Hall–Kier alpha value is -3.12. The van der Waals surface area contributed by atoms with E-state index in [1.165, 1.54) is 11.1 Å². The van der Waals surface area contributed by atoms with Crippen LogP contribution in [0.3, 0.4) is 0 Å². The fourth-order valence-corrected chi connectivity index (χ4v) is 5.08. The van der Waals surface area contributed by atoms with Gasteiger partial charge in [-0.05, 0) is 48.4 Å². The summed E-state index contributed by atoms with van der Waals surface area (Å²) in [7, 11) is 0. The van der Waals surface area contributed by atoms with Gasteiger partial charge in [0.15, 0.2) is 0 Å². The highest BCUT2D eigenvalue weighted by molar-refractivity contribution is 5.79. The molecule has 0 aliphatic carbocycles. The highest BCUT2D eigenvalue weighted by Crippen LogP contribution is 2.42. The molecule has 0 saturated carbocycles. The number of aromatic nitrogens is 2. The molecule has 2 aromatic carbocycles. The normalized spacial score (nSPS) is 19.1. The lowest BCUT2D eigenvalue weighted by Crippen LogP contribution is -2.42. The maximum atomic E-state index is 12.7. The van der Waals surface area contributed by atoms with Gasteiger partial charge in [0.25, 0.3) is 0 Å². The average molecular weight is 418 g/mol. The van der Waals surface area contributed by atoms with E-state index in [1.54, 1.807) is 18.2 Å². The van der Waals surface area contributed by atoms with Gasteiger partial charge in [0.2, 0.25) is 5.91 Å². The fraction of sp³-hybridized carbons (Fsp3) is 0.360. The largest absolute Gasteiger partial charge is 0.508 e. The van der Waals surface area contributed by atoms with Crippen molar-refractivity contribution in [3.05, 3.63) is 72.2 Å². The predicted octanol–water partition coefficient (Wildman–Crippen LogP) is 3.39. The number of aliphatic hydroxyl groups is 1. The van der Waals surface area contributed by atoms with Gasteiger partial charge in [-0.2, -0.15) is 0 Å². The first-order valence-electron chi connectivity index (χ1n) is 10.9. The van der Waals surface area contributed by atoms with Crippen molar-refractivity contribution in [1.82, 2.24) is 14.5 Å². The van der Waals surface area contributed by atoms with Gasteiger partial charge < -0.3 is 19.7 Å². The first-order chi connectivity index (χ1) is 15.1. The number of benzene rings is 2. The van der Waals surface area contributed by atoms with Crippen molar-refractivity contribution in [2.75, 3.05) is 13.1 Å². The Bertz CT molecular complexity index is 1080. The fourth-order valence-electron chi connectivity index (χ4n) is 5.08. The maximum Gasteiger partial charge on any atom is 0.226 e. The van der Waals surface area contributed by atoms with E-state index in [9.17, 15) is 15.0 Å². The van der Waals surface area contributed by atoms with Crippen LogP contribution >= 0.6 is 0 Å². The van der Waals surface area contributed by atoms with Gasteiger partial charge in [-0.1, -0.05) is 36.4 Å². The minimum Gasteiger partial charge on any atom is -0.508 e. The number of likely N-dealkylation sites (tertiary alicyclic amines) is 1. The molecule has 1 saturated heterocycles. The number of rotatable bonds is 5. The molecule has 1 fully saturated rings. The number of carbonyl (C=O) groups is 1. The van der Waals surface area contributed by atoms with Gasteiger partial charge in [-0.25, -0.2) is 4.98 Å². The standard InChI is InChI=1S/C25H27N3O3/c29-19-5-3-4-17(12-19)13-25(31)27-10-8-18(9-11-27)24(30)14-22-20-6-1-2-7-21(20)23-15-26-16-28(22)23/h1-7,12,15-16,18,22,24,29-30H,8-11,13-14H2. The van der Waals surface area contributed by atoms with E-state index in [1.807, 2.05) is 29.6 Å². The molecule has 160 valence electrons. The van der Waals surface area contributed by atoms with Crippen LogP contribution in [-0.2, 0) is 11.2 Å². The van der Waals surface area contributed by atoms with E-state index in [0.717, 1.165) is 24.1 Å². The molecule has 3 aromatic rings. The Kier molecular flexibility index (Phi) is 5.24. The zero-order valence-electron chi connectivity index (χ0n) is 17.4. The Morgan fingerprint density at radius 3 is 2.74 bits per heavy atom. The number of nitrogens with zero attached hydrogens (tertiary/aromatic N) is 3. The number of fused-ring (bicyclic) bond motifs is 3. The average Bonchev–Trinajstić information content (AvgIpc) is 3.36. The third kappa shape index (κ3) is 3.83. The number of piperidine rings is 1. The number of hydrogen-bond acceptors (Lipinski definition) is 4. The molecule has 2 atom stereocenters. The van der Waals surface area contributed by atoms with E-state index in [4.69, 9.17) is 0 Å². The van der Waals surface area contributed by atoms with Crippen molar-refractivity contribution in [3.8, 4) is 17.0 Å². The van der Waals surface area contributed by atoms with E-state index in [-0.39, 0.29) is 23.6 Å². The van der Waals surface area contributed by atoms with Crippen LogP contribution in [0.25, 0.3) is 11.3 Å². The summed E-state index contributed by atoms with van der Waals surface area (Å²) in [6, 6.07) is 15.3. The van der Waals surface area contributed by atoms with Gasteiger partial charge in [0, 0.05) is 18.7 Å². The summed E-state index contributed by atoms with van der Waals surface area (Å²) in [6.45, 7) is 1.33. The Morgan fingerprint density at radius 1 is 1.13 bits per heavy atom. The molecule has 1 amide bonds. The van der Waals surface area contributed by atoms with Crippen LogP contribution < -0.4 is 0 Å². The van der Waals surface area contributed by atoms with Crippen molar-refractivity contribution in [2.45, 2.75) is 37.8 Å². The lowest BCUT2D eigenvalue weighted by molar-refractivity contribution is -0.132. The zero-order valence-corrected chi connectivity index (χ0v) is 17.4. The number of aromatic hydroxyl groups is 1. The van der Waals surface area contributed by atoms with E-state index in [2.05, 4.69) is 27.8 Å². The summed E-state index contributed by atoms with van der Waals surface area (Å²) < 4.78 is 2.17. The van der Waals surface area contributed by atoms with E-state index < -0.39 is 6.10 Å². The summed E-state index contributed by atoms with van der Waals surface area (Å²) in [5, 5.41) is 20.6. The van der Waals surface area contributed by atoms with Crippen LogP contribution in [0.2, 0.25) is 0 Å². The van der Waals surface area contributed by atoms with Crippen molar-refractivity contribution < 1.29 is 15.0 Å². The third-order valence-electron chi connectivity index (χ3n) is 6.76. The minimum absolute atomic E-state index is 0.0753. The summed E-state index contributed by atoms with van der Waals surface area (Å²) in [5.41, 5.74) is 4.38. The topological polar surface area (TPSA) is 78.6 Å². The lowest BCUT2D eigenvalue weighted by atomic mass is 9.86. The predicted molar refractivity (Wildman–Crippen MR) is 118 cm³/mol. The number of hydrogen-bond donors (Lipinski definition) is 2. The molecule has 2 aliphatic heterocycles. The molecule has 0 spiro atoms.